The molecule has 1 aromatic carbocycles. The summed E-state index contributed by atoms with van der Waals surface area (Å²) in [4.78, 5) is 20.3. The minimum absolute atomic E-state index is 0.217. The molecule has 0 aliphatic carbocycles. The second-order valence-corrected chi connectivity index (χ2v) is 9.43. The Kier molecular flexibility index (Phi) is 8.97. The predicted molar refractivity (Wildman–Crippen MR) is 138 cm³/mol. The molecule has 178 valence electrons. The molecule has 4 rings (SSSR count). The molecule has 2 N–H and O–H groups in total. The topological polar surface area (TPSA) is 78.9 Å². The van der Waals surface area contributed by atoms with Gasteiger partial charge in [-0.2, -0.15) is 4.98 Å². The molecule has 0 radical (unpaired) electrons. The molecule has 0 unspecified atom stereocenters. The van der Waals surface area contributed by atoms with E-state index in [0.29, 0.717) is 22.8 Å². The van der Waals surface area contributed by atoms with Crippen LogP contribution in [0.15, 0.2) is 59.0 Å². The molecular weight excluding hydrogens is 469 g/mol. The van der Waals surface area contributed by atoms with Crippen LogP contribution in [0, 0.1) is 5.82 Å². The van der Waals surface area contributed by atoms with Gasteiger partial charge in [0, 0.05) is 38.1 Å². The first-order valence-corrected chi connectivity index (χ1v) is 12.8. The van der Waals surface area contributed by atoms with Crippen molar-refractivity contribution in [3.05, 3.63) is 60.2 Å². The highest BCUT2D eigenvalue weighted by Crippen LogP contribution is 2.28. The smallest absolute Gasteiger partial charge is 0.232 e. The Hall–Kier alpha value is -2.85. The number of anilines is 2. The first kappa shape index (κ1) is 24.3. The maximum atomic E-state index is 13.0. The Labute approximate surface area is 209 Å². The number of nitrogens with one attached hydrogen (secondary N) is 2. The molecule has 0 spiro atoms. The Morgan fingerprint density at radius 2 is 1.76 bits per heavy atom. The summed E-state index contributed by atoms with van der Waals surface area (Å²) in [6.45, 7) is 2.65. The molecule has 3 aromatic rings. The van der Waals surface area contributed by atoms with Crippen molar-refractivity contribution in [2.75, 3.05) is 29.9 Å². The lowest BCUT2D eigenvalue weighted by molar-refractivity contribution is 0.626. The molecule has 1 aliphatic heterocycles. The van der Waals surface area contributed by atoms with Gasteiger partial charge in [0.05, 0.1) is 0 Å². The lowest BCUT2D eigenvalue weighted by atomic mass is 10.1. The summed E-state index contributed by atoms with van der Waals surface area (Å²) in [7, 11) is 0. The average Bonchev–Trinajstić information content (AvgIpc) is 3.13. The zero-order valence-corrected chi connectivity index (χ0v) is 20.5. The van der Waals surface area contributed by atoms with Gasteiger partial charge < -0.3 is 15.5 Å². The van der Waals surface area contributed by atoms with Gasteiger partial charge in [-0.3, -0.25) is 0 Å². The van der Waals surface area contributed by atoms with Crippen molar-refractivity contribution >= 4 is 40.9 Å². The lowest BCUT2D eigenvalue weighted by Crippen LogP contribution is -2.31. The van der Waals surface area contributed by atoms with E-state index in [1.807, 2.05) is 18.2 Å². The van der Waals surface area contributed by atoms with Crippen molar-refractivity contribution in [3.8, 4) is 0 Å². The normalized spacial score (nSPS) is 13.9. The fourth-order valence-corrected chi connectivity index (χ4v) is 4.61. The molecular formula is C24H28FN7S2. The van der Waals surface area contributed by atoms with Gasteiger partial charge in [0.1, 0.15) is 16.7 Å². The van der Waals surface area contributed by atoms with Crippen LogP contribution < -0.4 is 15.5 Å². The molecule has 7 nitrogen and oxygen atoms in total. The second kappa shape index (κ2) is 12.6. The molecule has 0 bridgehead atoms. The van der Waals surface area contributed by atoms with Gasteiger partial charge in [0.25, 0.3) is 0 Å². The Morgan fingerprint density at radius 3 is 2.50 bits per heavy atom. The number of nitrogens with zero attached hydrogens (tertiary/aromatic N) is 5. The van der Waals surface area contributed by atoms with Crippen molar-refractivity contribution in [2.45, 2.75) is 48.7 Å². The van der Waals surface area contributed by atoms with Crippen molar-refractivity contribution in [1.82, 2.24) is 25.3 Å². The summed E-state index contributed by atoms with van der Waals surface area (Å²) in [5.41, 5.74) is 1.10. The maximum absolute atomic E-state index is 13.0. The van der Waals surface area contributed by atoms with Gasteiger partial charge in [-0.25, -0.2) is 19.3 Å². The summed E-state index contributed by atoms with van der Waals surface area (Å²) in [5.74, 6) is 1.12. The van der Waals surface area contributed by atoms with E-state index in [1.54, 1.807) is 18.5 Å². The summed E-state index contributed by atoms with van der Waals surface area (Å²) >= 11 is 6.88. The number of hydrogen-bond acceptors (Lipinski definition) is 7. The molecule has 1 saturated heterocycles. The monoisotopic (exact) mass is 497 g/mol. The van der Waals surface area contributed by atoms with Crippen LogP contribution in [0.25, 0.3) is 0 Å². The minimum atomic E-state index is -0.217. The van der Waals surface area contributed by atoms with E-state index >= 15 is 0 Å². The van der Waals surface area contributed by atoms with Gasteiger partial charge in [-0.05, 0) is 73.4 Å². The van der Waals surface area contributed by atoms with Crippen LogP contribution in [0.3, 0.4) is 0 Å². The summed E-state index contributed by atoms with van der Waals surface area (Å²) in [6.07, 6.45) is 9.96. The third kappa shape index (κ3) is 7.59. The summed E-state index contributed by atoms with van der Waals surface area (Å²) in [5, 5.41) is 8.22. The van der Waals surface area contributed by atoms with E-state index in [0.717, 1.165) is 55.2 Å². The molecule has 0 saturated carbocycles. The van der Waals surface area contributed by atoms with Crippen LogP contribution in [0.4, 0.5) is 16.2 Å². The van der Waals surface area contributed by atoms with Gasteiger partial charge in [-0.1, -0.05) is 25.0 Å². The van der Waals surface area contributed by atoms with E-state index in [-0.39, 0.29) is 5.82 Å². The van der Waals surface area contributed by atoms with Crippen molar-refractivity contribution in [2.24, 2.45) is 0 Å². The fraction of sp³-hybridized carbons (Fsp3) is 0.375. The average molecular weight is 498 g/mol. The summed E-state index contributed by atoms with van der Waals surface area (Å²) in [6, 6.07) is 10.4. The number of benzene rings is 1. The molecule has 1 fully saturated rings. The first-order chi connectivity index (χ1) is 16.7. The van der Waals surface area contributed by atoms with E-state index in [1.165, 1.54) is 36.7 Å². The first-order valence-electron chi connectivity index (χ1n) is 11.5. The third-order valence-electron chi connectivity index (χ3n) is 5.42. The highest BCUT2D eigenvalue weighted by atomic mass is 32.2. The van der Waals surface area contributed by atoms with Gasteiger partial charge >= 0.3 is 0 Å². The highest BCUT2D eigenvalue weighted by molar-refractivity contribution is 7.99. The van der Waals surface area contributed by atoms with E-state index in [4.69, 9.17) is 17.2 Å². The number of rotatable bonds is 8. The summed E-state index contributed by atoms with van der Waals surface area (Å²) < 4.78 is 13.0. The number of aryl methyl sites for hydroxylation is 1. The van der Waals surface area contributed by atoms with E-state index in [2.05, 4.69) is 30.5 Å². The second-order valence-electron chi connectivity index (χ2n) is 8.03. The van der Waals surface area contributed by atoms with Crippen molar-refractivity contribution in [1.29, 1.82) is 0 Å². The van der Waals surface area contributed by atoms with Crippen molar-refractivity contribution in [3.63, 3.8) is 0 Å². The van der Waals surface area contributed by atoms with E-state index in [9.17, 15) is 4.39 Å². The van der Waals surface area contributed by atoms with Gasteiger partial charge in [0.15, 0.2) is 10.3 Å². The van der Waals surface area contributed by atoms with Crippen LogP contribution in [-0.4, -0.2) is 44.7 Å². The van der Waals surface area contributed by atoms with Crippen LogP contribution in [-0.2, 0) is 6.42 Å². The van der Waals surface area contributed by atoms with Crippen molar-refractivity contribution < 1.29 is 4.39 Å². The standard InChI is InChI=1S/C24H28FN7S2/c25-19-10-8-18(9-11-19)7-5-12-26-23(33)31-22-29-20(32-15-3-1-2-4-16-32)17-21(30-22)34-24-27-13-6-14-28-24/h6,8-11,13-14,17H,1-5,7,12,15-16H2,(H2,26,29,30,31,33). The largest absolute Gasteiger partial charge is 0.362 e. The zero-order valence-electron chi connectivity index (χ0n) is 18.9. The molecule has 34 heavy (non-hydrogen) atoms. The Balaban J connectivity index is 1.39. The molecule has 0 amide bonds. The quantitative estimate of drug-likeness (QED) is 0.196. The van der Waals surface area contributed by atoms with E-state index < -0.39 is 0 Å². The van der Waals surface area contributed by atoms with Crippen LogP contribution >= 0.6 is 24.0 Å². The lowest BCUT2D eigenvalue weighted by Gasteiger charge is -2.22. The Bertz CT molecular complexity index is 1060. The molecule has 2 aromatic heterocycles. The van der Waals surface area contributed by atoms with Crippen LogP contribution in [0.2, 0.25) is 0 Å². The van der Waals surface area contributed by atoms with Crippen LogP contribution in [0.5, 0.6) is 0 Å². The van der Waals surface area contributed by atoms with Crippen LogP contribution in [0.1, 0.15) is 37.7 Å². The number of halogens is 1. The molecule has 3 heterocycles. The third-order valence-corrected chi connectivity index (χ3v) is 6.48. The number of thiocarbonyl (C=S) groups is 1. The minimum Gasteiger partial charge on any atom is -0.362 e. The fourth-order valence-electron chi connectivity index (χ4n) is 3.71. The van der Waals surface area contributed by atoms with Gasteiger partial charge in [-0.15, -0.1) is 0 Å². The number of aromatic nitrogens is 4. The maximum Gasteiger partial charge on any atom is 0.232 e. The Morgan fingerprint density at radius 1 is 1.03 bits per heavy atom. The SMILES string of the molecule is Fc1ccc(CCCNC(=S)Nc2nc(Sc3ncccn3)cc(N3CCCCCC3)n2)cc1. The molecule has 1 aliphatic rings. The predicted octanol–water partition coefficient (Wildman–Crippen LogP) is 4.86. The highest BCUT2D eigenvalue weighted by Gasteiger charge is 2.15. The zero-order chi connectivity index (χ0) is 23.6. The molecule has 10 heteroatoms. The van der Waals surface area contributed by atoms with Gasteiger partial charge in [0.2, 0.25) is 5.95 Å². The number of hydrogen-bond donors (Lipinski definition) is 2. The molecule has 0 atom stereocenters.